The van der Waals surface area contributed by atoms with Crippen molar-refractivity contribution >= 4 is 82.0 Å². The van der Waals surface area contributed by atoms with E-state index in [9.17, 15) is 56.7 Å². The van der Waals surface area contributed by atoms with Crippen LogP contribution in [-0.4, -0.2) is 107 Å². The number of alkyl halides is 1. The van der Waals surface area contributed by atoms with Gasteiger partial charge in [-0.2, -0.15) is 9.80 Å². The van der Waals surface area contributed by atoms with Crippen molar-refractivity contribution in [1.82, 2.24) is 19.6 Å². The van der Waals surface area contributed by atoms with E-state index in [-0.39, 0.29) is 67.8 Å². The summed E-state index contributed by atoms with van der Waals surface area (Å²) in [6, 6.07) is 5.81. The van der Waals surface area contributed by atoms with Crippen molar-refractivity contribution < 1.29 is 97.2 Å². The van der Waals surface area contributed by atoms with Crippen LogP contribution in [0.15, 0.2) is 36.4 Å². The molecule has 0 aromatic heterocycles. The smallest absolute Gasteiger partial charge is 1.00 e. The minimum Gasteiger partial charge on any atom is -1.00 e. The molecule has 0 radical (unpaired) electrons. The fraction of sp³-hybridized carbons (Fsp3) is 0.421. The predicted molar refractivity (Wildman–Crippen MR) is 202 cm³/mol. The van der Waals surface area contributed by atoms with E-state index in [4.69, 9.17) is 9.47 Å². The molecule has 0 aliphatic carbocycles. The van der Waals surface area contributed by atoms with Crippen molar-refractivity contribution in [2.45, 2.75) is 96.9 Å². The van der Waals surface area contributed by atoms with Gasteiger partial charge in [0.1, 0.15) is 34.4 Å². The fourth-order valence-corrected chi connectivity index (χ4v) is 6.37. The molecule has 4 aliphatic heterocycles. The van der Waals surface area contributed by atoms with Gasteiger partial charge in [0, 0.05) is 12.8 Å². The Morgan fingerprint density at radius 2 is 1.16 bits per heavy atom. The van der Waals surface area contributed by atoms with Crippen LogP contribution in [0, 0.1) is 11.6 Å². The Balaban J connectivity index is 0.000000378. The minimum absolute atomic E-state index is 0. The third-order valence-corrected chi connectivity index (χ3v) is 8.84. The van der Waals surface area contributed by atoms with Crippen LogP contribution in [0.1, 0.15) is 117 Å². The first-order chi connectivity index (χ1) is 26.4. The number of hydrogen-bond donors (Lipinski definition) is 0. The number of rotatable bonds is 2. The molecule has 2 unspecified atom stereocenters. The summed E-state index contributed by atoms with van der Waals surface area (Å²) in [6.07, 6.45) is -3.20. The van der Waals surface area contributed by atoms with Gasteiger partial charge in [0.05, 0.1) is 22.3 Å². The number of halogens is 3. The summed E-state index contributed by atoms with van der Waals surface area (Å²) in [4.78, 5) is 129. The first kappa shape index (κ1) is 47.9. The van der Waals surface area contributed by atoms with Gasteiger partial charge in [-0.05, 0) is 90.5 Å². The molecule has 306 valence electrons. The van der Waals surface area contributed by atoms with E-state index in [2.05, 4.69) is 22.6 Å². The number of amides is 10. The third-order valence-electron chi connectivity index (χ3n) is 8.84. The fourth-order valence-electron chi connectivity index (χ4n) is 6.37. The van der Waals surface area contributed by atoms with Crippen LogP contribution < -0.4 is 29.6 Å². The van der Waals surface area contributed by atoms with Crippen LogP contribution in [-0.2, 0) is 28.7 Å². The van der Waals surface area contributed by atoms with Gasteiger partial charge < -0.3 is 10.9 Å². The van der Waals surface area contributed by atoms with E-state index >= 15 is 0 Å². The van der Waals surface area contributed by atoms with Crippen molar-refractivity contribution in [3.05, 3.63) is 70.3 Å². The number of nitrogens with zero attached hydrogens (tertiary/aromatic N) is 4. The number of likely N-dealkylation sites (tertiary alicyclic amines) is 2. The molecule has 10 amide bonds. The zero-order valence-corrected chi connectivity index (χ0v) is 37.3. The molecule has 0 bridgehead atoms. The second-order valence-corrected chi connectivity index (χ2v) is 15.1. The molecule has 2 saturated heterocycles. The number of piperidine rings is 2. The molecule has 0 spiro atoms. The monoisotopic (exact) mass is 932 g/mol. The van der Waals surface area contributed by atoms with Gasteiger partial charge in [-0.25, -0.2) is 18.4 Å². The maximum absolute atomic E-state index is 14.1. The molecule has 16 nitrogen and oxygen atoms in total. The number of hydrogen-bond acceptors (Lipinski definition) is 12. The first-order valence-electron chi connectivity index (χ1n) is 17.3. The molecule has 58 heavy (non-hydrogen) atoms. The maximum Gasteiger partial charge on any atom is 1.00 e. The van der Waals surface area contributed by atoms with E-state index in [1.54, 1.807) is 41.5 Å². The van der Waals surface area contributed by atoms with E-state index in [1.807, 2.05) is 4.93 Å². The predicted octanol–water partition coefficient (Wildman–Crippen LogP) is 2.31. The van der Waals surface area contributed by atoms with Crippen LogP contribution in [0.25, 0.3) is 0 Å². The summed E-state index contributed by atoms with van der Waals surface area (Å²) >= 11 is 2.15. The van der Waals surface area contributed by atoms with Crippen LogP contribution in [0.4, 0.5) is 18.4 Å². The van der Waals surface area contributed by atoms with Crippen LogP contribution in [0.2, 0.25) is 0 Å². The van der Waals surface area contributed by atoms with E-state index in [0.717, 1.165) is 12.1 Å². The number of benzene rings is 2. The SMILES string of the molecule is CC(C)(C)OC(=O)N1C(=O)CCC(C)(N2C(=O)c3cccc(F)c3C2=O)C1=O.CC(C)(C)OC(=O)N1C(=O)CCC(N2C(=O)c3cccc(F)c3C2=O)C1=O.CI.[H-].[Na+]. The topological polar surface area (TPSA) is 202 Å². The summed E-state index contributed by atoms with van der Waals surface area (Å²) < 4.78 is 38.3. The van der Waals surface area contributed by atoms with Crippen molar-refractivity contribution in [3.63, 3.8) is 0 Å². The molecule has 6 rings (SSSR count). The second kappa shape index (κ2) is 17.8. The quantitative estimate of drug-likeness (QED) is 0.185. The molecule has 20 heteroatoms. The number of carbonyl (C=O) groups excluding carboxylic acids is 10. The molecule has 2 aromatic carbocycles. The Bertz CT molecular complexity index is 2140. The summed E-state index contributed by atoms with van der Waals surface area (Å²) in [5.41, 5.74) is -4.93. The van der Waals surface area contributed by atoms with Crippen LogP contribution in [0.3, 0.4) is 0 Å². The molecule has 4 aliphatic rings. The maximum atomic E-state index is 14.1. The van der Waals surface area contributed by atoms with Gasteiger partial charge in [-0.3, -0.25) is 48.2 Å². The summed E-state index contributed by atoms with van der Waals surface area (Å²) in [5.74, 6) is -9.09. The number of ether oxygens (including phenoxy) is 2. The van der Waals surface area contributed by atoms with Gasteiger partial charge >= 0.3 is 41.7 Å². The molecule has 2 fully saturated rings. The Hall–Kier alpha value is -4.47. The molecule has 2 aromatic rings. The number of imide groups is 8. The average molecular weight is 933 g/mol. The standard InChI is InChI=1S/C19H19FN2O6.C18H17FN2O6.CH3I.Na.H/c1-18(2,3)28-17(27)21-12(23)8-9-19(4,16(21)26)22-14(24)10-6-5-7-11(20)13(10)15(22)25;1-18(2,3)27-17(26)21-12(22)8-7-11(15(21)24)20-14(23)9-5-4-6-10(19)13(9)16(20)25;1-2;;/h5-7H,8-9H2,1-4H3;4-6,11H,7-8H2,1-3H3;1H3;;/q;;;+1;-1. The normalized spacial score (nSPS) is 20.4. The number of carbonyl (C=O) groups is 10. The zero-order chi connectivity index (χ0) is 43.1. The van der Waals surface area contributed by atoms with Gasteiger partial charge in [0.25, 0.3) is 35.4 Å². The zero-order valence-electron chi connectivity index (χ0n) is 34.2. The minimum atomic E-state index is -1.83. The number of fused-ring (bicyclic) bond motifs is 2. The van der Waals surface area contributed by atoms with Crippen molar-refractivity contribution in [1.29, 1.82) is 0 Å². The molecular formula is C38H40F2IN4NaO12. The van der Waals surface area contributed by atoms with Gasteiger partial charge in [-0.1, -0.05) is 34.7 Å². The Morgan fingerprint density at radius 3 is 1.62 bits per heavy atom. The van der Waals surface area contributed by atoms with Crippen molar-refractivity contribution in [2.24, 2.45) is 0 Å². The first-order valence-corrected chi connectivity index (χ1v) is 19.5. The van der Waals surface area contributed by atoms with E-state index in [0.29, 0.717) is 19.6 Å². The molecule has 4 heterocycles. The molecule has 0 saturated carbocycles. The molecule has 0 N–H and O–H groups in total. The van der Waals surface area contributed by atoms with Crippen LogP contribution in [0.5, 0.6) is 0 Å². The van der Waals surface area contributed by atoms with Gasteiger partial charge in [0.2, 0.25) is 11.8 Å². The summed E-state index contributed by atoms with van der Waals surface area (Å²) in [7, 11) is 0. The summed E-state index contributed by atoms with van der Waals surface area (Å²) in [6.45, 7) is 10.7. The Kier molecular flexibility index (Phi) is 14.7. The summed E-state index contributed by atoms with van der Waals surface area (Å²) in [5, 5.41) is 0. The van der Waals surface area contributed by atoms with E-state index < -0.39 is 105 Å². The van der Waals surface area contributed by atoms with Crippen molar-refractivity contribution in [2.75, 3.05) is 4.93 Å². The molecular weight excluding hydrogens is 892 g/mol. The Morgan fingerprint density at radius 1 is 0.707 bits per heavy atom. The average Bonchev–Trinajstić information content (AvgIpc) is 3.52. The largest absolute Gasteiger partial charge is 1.00 e. The third kappa shape index (κ3) is 9.06. The van der Waals surface area contributed by atoms with Gasteiger partial charge in [-0.15, -0.1) is 0 Å². The Labute approximate surface area is 368 Å². The molecule has 2 atom stereocenters. The van der Waals surface area contributed by atoms with Crippen LogP contribution >= 0.6 is 22.6 Å². The van der Waals surface area contributed by atoms with Gasteiger partial charge in [0.15, 0.2) is 0 Å². The van der Waals surface area contributed by atoms with E-state index in [1.165, 1.54) is 31.2 Å². The van der Waals surface area contributed by atoms with Crippen molar-refractivity contribution in [3.8, 4) is 0 Å². The second-order valence-electron chi connectivity index (χ2n) is 15.1.